The van der Waals surface area contributed by atoms with E-state index in [0.29, 0.717) is 18.5 Å². The van der Waals surface area contributed by atoms with E-state index in [1.165, 1.54) is 19.3 Å². The maximum absolute atomic E-state index is 12.5. The third kappa shape index (κ3) is 6.36. The summed E-state index contributed by atoms with van der Waals surface area (Å²) in [5, 5.41) is 5.48. The zero-order valence-corrected chi connectivity index (χ0v) is 19.6. The minimum atomic E-state index is -0.0815. The summed E-state index contributed by atoms with van der Waals surface area (Å²) >= 11 is 6.17. The highest BCUT2D eigenvalue weighted by molar-refractivity contribution is 6.31. The first-order chi connectivity index (χ1) is 15.5. The normalized spacial score (nSPS) is 12.0. The van der Waals surface area contributed by atoms with E-state index in [1.54, 1.807) is 11.9 Å². The highest BCUT2D eigenvalue weighted by atomic mass is 35.5. The van der Waals surface area contributed by atoms with Crippen molar-refractivity contribution < 1.29 is 9.59 Å². The number of rotatable bonds is 12. The maximum atomic E-state index is 12.5. The third-order valence-corrected chi connectivity index (χ3v) is 5.96. The SMILES string of the molecule is CCCCCCC(Nc1ccc(C(=O)N(C)CCC=O)cc1)c1cc2cc(Cl)ccc2[nH]1. The average molecular weight is 454 g/mol. The van der Waals surface area contributed by atoms with E-state index in [1.807, 2.05) is 42.5 Å². The molecule has 2 N–H and O–H groups in total. The first kappa shape index (κ1) is 23.9. The predicted molar refractivity (Wildman–Crippen MR) is 133 cm³/mol. The predicted octanol–water partition coefficient (Wildman–Crippen LogP) is 6.61. The fourth-order valence-corrected chi connectivity index (χ4v) is 4.05. The number of hydrogen-bond donors (Lipinski definition) is 2. The van der Waals surface area contributed by atoms with Gasteiger partial charge in [-0.25, -0.2) is 0 Å². The number of amides is 1. The van der Waals surface area contributed by atoms with Crippen molar-refractivity contribution in [3.05, 3.63) is 64.8 Å². The Hall–Kier alpha value is -2.79. The largest absolute Gasteiger partial charge is 0.377 e. The van der Waals surface area contributed by atoms with Gasteiger partial charge >= 0.3 is 0 Å². The number of carbonyl (C=O) groups is 2. The number of aromatic nitrogens is 1. The lowest BCUT2D eigenvalue weighted by Gasteiger charge is -2.20. The molecule has 1 heterocycles. The van der Waals surface area contributed by atoms with E-state index >= 15 is 0 Å². The molecule has 0 radical (unpaired) electrons. The van der Waals surface area contributed by atoms with Crippen molar-refractivity contribution in [2.75, 3.05) is 18.9 Å². The fourth-order valence-electron chi connectivity index (χ4n) is 3.87. The van der Waals surface area contributed by atoms with E-state index in [-0.39, 0.29) is 11.9 Å². The minimum absolute atomic E-state index is 0.0815. The van der Waals surface area contributed by atoms with E-state index in [9.17, 15) is 9.59 Å². The summed E-state index contributed by atoms with van der Waals surface area (Å²) in [7, 11) is 1.71. The number of aldehydes is 1. The standard InChI is InChI=1S/C26H32ClN3O2/c1-3-4-5-6-8-24(25-18-20-17-21(27)11-14-23(20)29-25)28-22-12-9-19(10-13-22)26(32)30(2)15-7-16-31/h9-14,16-18,24,28-29H,3-8,15H2,1-2H3. The van der Waals surface area contributed by atoms with Gasteiger partial charge in [-0.05, 0) is 55.0 Å². The Kier molecular flexibility index (Phi) is 8.74. The summed E-state index contributed by atoms with van der Waals surface area (Å²) in [5.74, 6) is -0.0815. The second kappa shape index (κ2) is 11.7. The molecule has 1 amide bonds. The number of nitrogens with one attached hydrogen (secondary N) is 2. The Bertz CT molecular complexity index is 1030. The van der Waals surface area contributed by atoms with Crippen LogP contribution in [0.4, 0.5) is 5.69 Å². The molecule has 1 atom stereocenters. The van der Waals surface area contributed by atoms with E-state index < -0.39 is 0 Å². The number of hydrogen-bond acceptors (Lipinski definition) is 3. The van der Waals surface area contributed by atoms with Crippen molar-refractivity contribution in [1.29, 1.82) is 0 Å². The molecule has 0 saturated heterocycles. The van der Waals surface area contributed by atoms with E-state index in [4.69, 9.17) is 11.6 Å². The number of benzene rings is 2. The molecular formula is C26H32ClN3O2. The van der Waals surface area contributed by atoms with Crippen LogP contribution in [0.3, 0.4) is 0 Å². The molecule has 2 aromatic carbocycles. The van der Waals surface area contributed by atoms with Gasteiger partial charge in [-0.3, -0.25) is 4.79 Å². The molecule has 3 rings (SSSR count). The van der Waals surface area contributed by atoms with Gasteiger partial charge < -0.3 is 20.0 Å². The Labute approximate surface area is 195 Å². The number of nitrogens with zero attached hydrogens (tertiary/aromatic N) is 1. The number of unbranched alkanes of at least 4 members (excludes halogenated alkanes) is 3. The first-order valence-corrected chi connectivity index (χ1v) is 11.7. The van der Waals surface area contributed by atoms with Gasteiger partial charge in [0.1, 0.15) is 6.29 Å². The minimum Gasteiger partial charge on any atom is -0.377 e. The van der Waals surface area contributed by atoms with Gasteiger partial charge in [0.15, 0.2) is 0 Å². The van der Waals surface area contributed by atoms with Crippen LogP contribution in [-0.2, 0) is 4.79 Å². The van der Waals surface area contributed by atoms with Crippen molar-refractivity contribution in [2.24, 2.45) is 0 Å². The molecule has 5 nitrogen and oxygen atoms in total. The Morgan fingerprint density at radius 1 is 1.12 bits per heavy atom. The van der Waals surface area contributed by atoms with Gasteiger partial charge in [-0.1, -0.05) is 44.2 Å². The molecule has 0 bridgehead atoms. The monoisotopic (exact) mass is 453 g/mol. The van der Waals surface area contributed by atoms with Crippen LogP contribution in [0.15, 0.2) is 48.5 Å². The van der Waals surface area contributed by atoms with Crippen molar-refractivity contribution in [2.45, 2.75) is 51.5 Å². The second-order valence-electron chi connectivity index (χ2n) is 8.26. The topological polar surface area (TPSA) is 65.2 Å². The number of fused-ring (bicyclic) bond motifs is 1. The van der Waals surface area contributed by atoms with Crippen LogP contribution in [0.1, 0.15) is 67.5 Å². The number of carbonyl (C=O) groups excluding carboxylic acids is 2. The first-order valence-electron chi connectivity index (χ1n) is 11.4. The van der Waals surface area contributed by atoms with Gasteiger partial charge in [0.05, 0.1) is 6.04 Å². The highest BCUT2D eigenvalue weighted by Gasteiger charge is 2.16. The molecule has 0 spiro atoms. The number of anilines is 1. The van der Waals surface area contributed by atoms with Gasteiger partial charge in [0.25, 0.3) is 5.91 Å². The van der Waals surface area contributed by atoms with Gasteiger partial charge in [-0.15, -0.1) is 0 Å². The highest BCUT2D eigenvalue weighted by Crippen LogP contribution is 2.29. The van der Waals surface area contributed by atoms with Crippen LogP contribution in [0.25, 0.3) is 10.9 Å². The van der Waals surface area contributed by atoms with Crippen LogP contribution in [-0.4, -0.2) is 35.7 Å². The molecule has 0 aliphatic rings. The number of halogens is 1. The Morgan fingerprint density at radius 3 is 2.62 bits per heavy atom. The Balaban J connectivity index is 1.74. The van der Waals surface area contributed by atoms with Crippen molar-refractivity contribution in [1.82, 2.24) is 9.88 Å². The smallest absolute Gasteiger partial charge is 0.253 e. The molecule has 0 aliphatic carbocycles. The number of aromatic amines is 1. The molecule has 6 heteroatoms. The summed E-state index contributed by atoms with van der Waals surface area (Å²) in [5.41, 5.74) is 3.79. The molecule has 0 aliphatic heterocycles. The van der Waals surface area contributed by atoms with Crippen molar-refractivity contribution >= 4 is 40.4 Å². The zero-order valence-electron chi connectivity index (χ0n) is 18.9. The van der Waals surface area contributed by atoms with Crippen LogP contribution in [0.5, 0.6) is 0 Å². The molecule has 1 aromatic heterocycles. The lowest BCUT2D eigenvalue weighted by molar-refractivity contribution is -0.108. The lowest BCUT2D eigenvalue weighted by atomic mass is 10.0. The molecule has 32 heavy (non-hydrogen) atoms. The summed E-state index contributed by atoms with van der Waals surface area (Å²) in [4.78, 5) is 28.2. The molecular weight excluding hydrogens is 422 g/mol. The van der Waals surface area contributed by atoms with E-state index in [2.05, 4.69) is 23.3 Å². The summed E-state index contributed by atoms with van der Waals surface area (Å²) in [6, 6.07) is 15.7. The van der Waals surface area contributed by atoms with Crippen molar-refractivity contribution in [3.63, 3.8) is 0 Å². The van der Waals surface area contributed by atoms with Crippen LogP contribution in [0, 0.1) is 0 Å². The van der Waals surface area contributed by atoms with Crippen LogP contribution >= 0.6 is 11.6 Å². The zero-order chi connectivity index (χ0) is 22.9. The molecule has 0 fully saturated rings. The molecule has 0 saturated carbocycles. The maximum Gasteiger partial charge on any atom is 0.253 e. The summed E-state index contributed by atoms with van der Waals surface area (Å²) in [6.45, 7) is 2.64. The van der Waals surface area contributed by atoms with Crippen LogP contribution < -0.4 is 5.32 Å². The van der Waals surface area contributed by atoms with Gasteiger partial charge in [-0.2, -0.15) is 0 Å². The van der Waals surface area contributed by atoms with Crippen LogP contribution in [0.2, 0.25) is 5.02 Å². The van der Waals surface area contributed by atoms with E-state index in [0.717, 1.165) is 46.4 Å². The lowest BCUT2D eigenvalue weighted by Crippen LogP contribution is -2.27. The summed E-state index contributed by atoms with van der Waals surface area (Å²) in [6.07, 6.45) is 6.98. The average Bonchev–Trinajstić information content (AvgIpc) is 3.22. The molecule has 3 aromatic rings. The van der Waals surface area contributed by atoms with Gasteiger partial charge in [0.2, 0.25) is 0 Å². The quantitative estimate of drug-likeness (QED) is 0.239. The number of H-pyrrole nitrogens is 1. The van der Waals surface area contributed by atoms with Gasteiger partial charge in [0, 0.05) is 52.9 Å². The molecule has 170 valence electrons. The fraction of sp³-hybridized carbons (Fsp3) is 0.385. The third-order valence-electron chi connectivity index (χ3n) is 5.73. The molecule has 1 unspecified atom stereocenters. The summed E-state index contributed by atoms with van der Waals surface area (Å²) < 4.78 is 0. The second-order valence-corrected chi connectivity index (χ2v) is 8.70. The van der Waals surface area contributed by atoms with Crippen molar-refractivity contribution in [3.8, 4) is 0 Å². The Morgan fingerprint density at radius 2 is 1.91 bits per heavy atom.